The topological polar surface area (TPSA) is 0 Å². The summed E-state index contributed by atoms with van der Waals surface area (Å²) in [4.78, 5) is 0. The van der Waals surface area contributed by atoms with E-state index in [1.807, 2.05) is 0 Å². The van der Waals surface area contributed by atoms with Crippen molar-refractivity contribution in [2.24, 2.45) is 0 Å². The summed E-state index contributed by atoms with van der Waals surface area (Å²) in [5.74, 6) is 0. The second kappa shape index (κ2) is 13.0. The van der Waals surface area contributed by atoms with E-state index in [4.69, 9.17) is 0 Å². The molecule has 4 aliphatic carbocycles. The van der Waals surface area contributed by atoms with Crippen LogP contribution in [-0.2, 0) is 49.3 Å². The van der Waals surface area contributed by atoms with Gasteiger partial charge in [0, 0.05) is 0 Å². The van der Waals surface area contributed by atoms with E-state index in [2.05, 4.69) is 183 Å². The van der Waals surface area contributed by atoms with Crippen molar-refractivity contribution >= 4 is 8.78 Å². The van der Waals surface area contributed by atoms with Gasteiger partial charge >= 0.3 is 335 Å². The molecule has 0 fully saturated rings. The van der Waals surface area contributed by atoms with Gasteiger partial charge in [0.05, 0.1) is 0 Å². The van der Waals surface area contributed by atoms with Crippen LogP contribution in [0.5, 0.6) is 0 Å². The van der Waals surface area contributed by atoms with E-state index in [1.54, 1.807) is 39.9 Å². The van der Waals surface area contributed by atoms with Crippen LogP contribution in [0.25, 0.3) is 16.7 Å². The third-order valence-electron chi connectivity index (χ3n) is 14.1. The minimum absolute atomic E-state index is 0.0256. The fraction of sp³-hybridized carbons (Fsp3) is 0.340. The van der Waals surface area contributed by atoms with E-state index in [1.165, 1.54) is 52.7 Å². The Morgan fingerprint density at radius 2 is 1.04 bits per heavy atom. The van der Waals surface area contributed by atoms with Crippen molar-refractivity contribution in [1.29, 1.82) is 0 Å². The molecule has 1 atom stereocenters. The normalized spacial score (nSPS) is 20.9. The van der Waals surface area contributed by atoms with Crippen molar-refractivity contribution in [3.8, 4) is 11.1 Å². The molecule has 0 spiro atoms. The van der Waals surface area contributed by atoms with Crippen molar-refractivity contribution < 1.29 is 21.3 Å². The Kier molecular flexibility index (Phi) is 8.63. The van der Waals surface area contributed by atoms with Crippen LogP contribution >= 0.6 is 0 Å². The molecule has 5 aromatic rings. The number of hydrogen-bond donors (Lipinski definition) is 0. The predicted octanol–water partition coefficient (Wildman–Crippen LogP) is 13.6. The van der Waals surface area contributed by atoms with Crippen LogP contribution in [0.4, 0.5) is 0 Å². The number of rotatable bonds is 5. The van der Waals surface area contributed by atoms with Crippen molar-refractivity contribution in [3.63, 3.8) is 0 Å². The van der Waals surface area contributed by atoms with E-state index in [0.717, 1.165) is 12.8 Å². The molecule has 1 unspecified atom stereocenters. The van der Waals surface area contributed by atoms with E-state index in [0.29, 0.717) is 3.63 Å². The Morgan fingerprint density at radius 1 is 0.556 bits per heavy atom. The fourth-order valence-electron chi connectivity index (χ4n) is 10.7. The summed E-state index contributed by atoms with van der Waals surface area (Å²) in [6.07, 6.45) is 11.0. The van der Waals surface area contributed by atoms with Crippen LogP contribution in [0.2, 0.25) is 3.63 Å². The molecule has 4 aliphatic rings. The maximum atomic E-state index is 2.70. The van der Waals surface area contributed by atoms with E-state index >= 15 is 0 Å². The van der Waals surface area contributed by atoms with Crippen molar-refractivity contribution in [1.82, 2.24) is 0 Å². The molecule has 0 heterocycles. The first-order chi connectivity index (χ1) is 25.7. The number of allylic oxidation sites excluding steroid dienone is 4. The molecule has 1 heteroatoms. The van der Waals surface area contributed by atoms with Gasteiger partial charge in [-0.15, -0.1) is 0 Å². The third kappa shape index (κ3) is 5.91. The van der Waals surface area contributed by atoms with Crippen LogP contribution in [0.3, 0.4) is 0 Å². The summed E-state index contributed by atoms with van der Waals surface area (Å²) >= 11 is -2.74. The SMILES string of the molecule is CC1(C)CCC(C)(C)c2cc3c(cc21)Cc1cc2c(cc1-3)C(C)(C)C[CH]([Zr]([C]1=CC(c3ccccc3)=CC1)=[C](c1ccccc1)c1ccccc1)C2(C)C. The number of fused-ring (bicyclic) bond motifs is 5. The fourth-order valence-corrected chi connectivity index (χ4v) is 21.3. The van der Waals surface area contributed by atoms with E-state index in [9.17, 15) is 0 Å². The van der Waals surface area contributed by atoms with Gasteiger partial charge < -0.3 is 0 Å². The second-order valence-electron chi connectivity index (χ2n) is 19.3. The molecule has 0 nitrogen and oxygen atoms in total. The van der Waals surface area contributed by atoms with Gasteiger partial charge in [-0.05, 0) is 0 Å². The molecule has 0 N–H and O–H groups in total. The minimum atomic E-state index is -2.74. The monoisotopic (exact) mass is 782 g/mol. The molecule has 54 heavy (non-hydrogen) atoms. The van der Waals surface area contributed by atoms with Gasteiger partial charge in [0.25, 0.3) is 0 Å². The predicted molar refractivity (Wildman–Crippen MR) is 228 cm³/mol. The van der Waals surface area contributed by atoms with Crippen molar-refractivity contribution in [2.45, 2.75) is 113 Å². The van der Waals surface area contributed by atoms with Gasteiger partial charge in [-0.1, -0.05) is 0 Å². The van der Waals surface area contributed by atoms with Gasteiger partial charge in [0.15, 0.2) is 0 Å². The molecule has 0 saturated heterocycles. The van der Waals surface area contributed by atoms with Gasteiger partial charge in [-0.25, -0.2) is 0 Å². The molecule has 0 aliphatic heterocycles. The van der Waals surface area contributed by atoms with Gasteiger partial charge in [-0.2, -0.15) is 0 Å². The van der Waals surface area contributed by atoms with Crippen LogP contribution in [-0.4, -0.2) is 3.21 Å². The van der Waals surface area contributed by atoms with E-state index < -0.39 is 21.3 Å². The summed E-state index contributed by atoms with van der Waals surface area (Å²) in [7, 11) is 0. The summed E-state index contributed by atoms with van der Waals surface area (Å²) in [6, 6.07) is 44.7. The summed E-state index contributed by atoms with van der Waals surface area (Å²) in [5.41, 5.74) is 18.6. The molecule has 0 amide bonds. The summed E-state index contributed by atoms with van der Waals surface area (Å²) < 4.78 is 3.98. The average molecular weight is 784 g/mol. The number of hydrogen-bond acceptors (Lipinski definition) is 0. The molecule has 0 radical (unpaired) electrons. The summed E-state index contributed by atoms with van der Waals surface area (Å²) in [5, 5.41) is 0. The molecule has 0 bridgehead atoms. The molecular weight excluding hydrogens is 728 g/mol. The van der Waals surface area contributed by atoms with Crippen LogP contribution < -0.4 is 0 Å². The number of benzene rings is 5. The van der Waals surface area contributed by atoms with Gasteiger partial charge in [-0.3, -0.25) is 0 Å². The first-order valence-electron chi connectivity index (χ1n) is 20.4. The Labute approximate surface area is 332 Å². The van der Waals surface area contributed by atoms with Crippen molar-refractivity contribution in [3.05, 3.63) is 181 Å². The Morgan fingerprint density at radius 3 is 1.59 bits per heavy atom. The van der Waals surface area contributed by atoms with E-state index in [-0.39, 0.29) is 21.7 Å². The molecule has 0 saturated carbocycles. The third-order valence-corrected chi connectivity index (χ3v) is 23.4. The average Bonchev–Trinajstić information content (AvgIpc) is 3.79. The zero-order valence-electron chi connectivity index (χ0n) is 33.7. The van der Waals surface area contributed by atoms with Gasteiger partial charge in [0.1, 0.15) is 0 Å². The van der Waals surface area contributed by atoms with Crippen LogP contribution in [0.1, 0.15) is 131 Å². The van der Waals surface area contributed by atoms with Crippen LogP contribution in [0, 0.1) is 0 Å². The standard InChI is InChI=1S/C29H37.C13H10.C11H9.Zr/c1-26(2)9-11-28(5,6)24-16-20-18(14-22(24)26)13-19-15-23-25(17-21(19)20)29(7,8)12-10-27(23,3)4;1-3-7-12(8-4-1)11-13-9-5-2-6-10-13;1-2-6-10(7-3-1)11-8-4-5-9-11;/h9,14-17H,10-13H2,1-8H3;1-10H;1-3,6-9H,4H2;. The first-order valence-corrected chi connectivity index (χ1v) is 24.3. The zero-order chi connectivity index (χ0) is 37.6. The van der Waals surface area contributed by atoms with Crippen LogP contribution in [0.15, 0.2) is 131 Å². The Balaban J connectivity index is 1.24. The molecule has 272 valence electrons. The Hall–Kier alpha value is -3.67. The quantitative estimate of drug-likeness (QED) is 0.163. The molecule has 0 aromatic heterocycles. The zero-order valence-corrected chi connectivity index (χ0v) is 36.2. The molecular formula is C53H56Zr. The molecule has 9 rings (SSSR count). The maximum absolute atomic E-state index is 2.74. The first kappa shape index (κ1) is 36.0. The Bertz CT molecular complexity index is 2340. The second-order valence-corrected chi connectivity index (χ2v) is 25.9. The van der Waals surface area contributed by atoms with Crippen molar-refractivity contribution in [2.75, 3.05) is 0 Å². The summed E-state index contributed by atoms with van der Waals surface area (Å²) in [6.45, 7) is 20.3. The molecule has 5 aromatic carbocycles. The van der Waals surface area contributed by atoms with Gasteiger partial charge in [0.2, 0.25) is 0 Å².